The Bertz CT molecular complexity index is 1020. The number of rotatable bonds is 8. The van der Waals surface area contributed by atoms with E-state index in [2.05, 4.69) is 5.32 Å². The third-order valence-electron chi connectivity index (χ3n) is 5.77. The first-order chi connectivity index (χ1) is 16.6. The maximum absolute atomic E-state index is 13.0. The molecule has 1 unspecified atom stereocenters. The van der Waals surface area contributed by atoms with E-state index >= 15 is 0 Å². The SMILES string of the molecule is CC(C)(C)OC(=O)CCC(C(N)=O)N1Cc2cc(O[C@H]3C[C@H](NC(=O)OC(C)(C)C)C3)ccc2C1=O. The van der Waals surface area contributed by atoms with Crippen molar-refractivity contribution in [3.05, 3.63) is 29.3 Å². The number of esters is 1. The van der Waals surface area contributed by atoms with E-state index in [9.17, 15) is 19.2 Å². The first-order valence-electron chi connectivity index (χ1n) is 12.2. The highest BCUT2D eigenvalue weighted by molar-refractivity contribution is 6.01. The van der Waals surface area contributed by atoms with Crippen molar-refractivity contribution in [2.45, 2.75) is 103 Å². The highest BCUT2D eigenvalue weighted by Crippen LogP contribution is 2.32. The molecule has 0 aromatic heterocycles. The number of nitrogens with one attached hydrogen (secondary N) is 1. The summed E-state index contributed by atoms with van der Waals surface area (Å²) in [6, 6.07) is 4.24. The number of benzene rings is 1. The first kappa shape index (κ1) is 27.3. The summed E-state index contributed by atoms with van der Waals surface area (Å²) in [5.74, 6) is -0.828. The van der Waals surface area contributed by atoms with E-state index in [4.69, 9.17) is 19.9 Å². The molecule has 1 aliphatic heterocycles. The van der Waals surface area contributed by atoms with Crippen LogP contribution in [0.25, 0.3) is 0 Å². The van der Waals surface area contributed by atoms with Crippen LogP contribution in [-0.2, 0) is 25.6 Å². The van der Waals surface area contributed by atoms with E-state index in [1.807, 2.05) is 20.8 Å². The molecular weight excluding hydrogens is 466 g/mol. The molecule has 3 rings (SSSR count). The number of carbonyl (C=O) groups excluding carboxylic acids is 4. The fourth-order valence-corrected chi connectivity index (χ4v) is 4.19. The predicted octanol–water partition coefficient (Wildman–Crippen LogP) is 3.05. The van der Waals surface area contributed by atoms with Gasteiger partial charge in [0.1, 0.15) is 29.1 Å². The lowest BCUT2D eigenvalue weighted by atomic mass is 9.89. The molecule has 2 aliphatic rings. The van der Waals surface area contributed by atoms with Gasteiger partial charge in [-0.3, -0.25) is 14.4 Å². The number of hydrogen-bond donors (Lipinski definition) is 2. The van der Waals surface area contributed by atoms with Crippen LogP contribution in [0.2, 0.25) is 0 Å². The number of nitrogens with zero attached hydrogens (tertiary/aromatic N) is 1. The smallest absolute Gasteiger partial charge is 0.407 e. The molecule has 0 bridgehead atoms. The van der Waals surface area contributed by atoms with Gasteiger partial charge in [-0.25, -0.2) is 4.79 Å². The summed E-state index contributed by atoms with van der Waals surface area (Å²) < 4.78 is 16.6. The molecule has 10 heteroatoms. The van der Waals surface area contributed by atoms with E-state index in [0.29, 0.717) is 24.2 Å². The molecule has 0 saturated heterocycles. The summed E-state index contributed by atoms with van der Waals surface area (Å²) in [7, 11) is 0. The molecule has 1 aliphatic carbocycles. The number of ether oxygens (including phenoxy) is 3. The van der Waals surface area contributed by atoms with Gasteiger partial charge in [0.25, 0.3) is 5.91 Å². The summed E-state index contributed by atoms with van der Waals surface area (Å²) in [6.07, 6.45) is 0.841. The van der Waals surface area contributed by atoms with Gasteiger partial charge in [0.15, 0.2) is 0 Å². The van der Waals surface area contributed by atoms with Crippen molar-refractivity contribution >= 4 is 23.9 Å². The van der Waals surface area contributed by atoms with Gasteiger partial charge in [0.2, 0.25) is 5.91 Å². The van der Waals surface area contributed by atoms with Gasteiger partial charge in [-0.1, -0.05) is 0 Å². The molecule has 1 fully saturated rings. The Morgan fingerprint density at radius 1 is 1.08 bits per heavy atom. The lowest BCUT2D eigenvalue weighted by molar-refractivity contribution is -0.155. The van der Waals surface area contributed by atoms with Gasteiger partial charge in [0, 0.05) is 37.4 Å². The Kier molecular flexibility index (Phi) is 7.85. The number of amides is 3. The van der Waals surface area contributed by atoms with Crippen molar-refractivity contribution in [1.29, 1.82) is 0 Å². The third kappa shape index (κ3) is 7.35. The Hall–Kier alpha value is -3.30. The van der Waals surface area contributed by atoms with Crippen LogP contribution < -0.4 is 15.8 Å². The topological polar surface area (TPSA) is 137 Å². The molecule has 36 heavy (non-hydrogen) atoms. The van der Waals surface area contributed by atoms with Crippen molar-refractivity contribution in [2.24, 2.45) is 5.73 Å². The van der Waals surface area contributed by atoms with Crippen molar-refractivity contribution in [1.82, 2.24) is 10.2 Å². The maximum Gasteiger partial charge on any atom is 0.407 e. The first-order valence-corrected chi connectivity index (χ1v) is 12.2. The minimum absolute atomic E-state index is 0.0161. The number of nitrogens with two attached hydrogens (primary N) is 1. The van der Waals surface area contributed by atoms with Crippen LogP contribution in [-0.4, -0.2) is 58.2 Å². The van der Waals surface area contributed by atoms with E-state index in [0.717, 1.165) is 5.56 Å². The number of fused-ring (bicyclic) bond motifs is 1. The second-order valence-electron chi connectivity index (χ2n) is 11.3. The normalized spacial score (nSPS) is 20.2. The van der Waals surface area contributed by atoms with Crippen molar-refractivity contribution in [3.8, 4) is 5.75 Å². The molecule has 3 amide bonds. The predicted molar refractivity (Wildman–Crippen MR) is 131 cm³/mol. The molecule has 10 nitrogen and oxygen atoms in total. The zero-order valence-electron chi connectivity index (χ0n) is 21.9. The molecule has 198 valence electrons. The number of primary amides is 1. The largest absolute Gasteiger partial charge is 0.490 e. The molecule has 1 heterocycles. The van der Waals surface area contributed by atoms with Gasteiger partial charge in [-0.2, -0.15) is 0 Å². The van der Waals surface area contributed by atoms with Crippen molar-refractivity contribution in [3.63, 3.8) is 0 Å². The second kappa shape index (κ2) is 10.4. The summed E-state index contributed by atoms with van der Waals surface area (Å²) in [4.78, 5) is 50.5. The molecule has 0 spiro atoms. The fourth-order valence-electron chi connectivity index (χ4n) is 4.19. The van der Waals surface area contributed by atoms with E-state index in [1.165, 1.54) is 4.90 Å². The average Bonchev–Trinajstić information content (AvgIpc) is 2.99. The van der Waals surface area contributed by atoms with Gasteiger partial charge in [-0.15, -0.1) is 0 Å². The minimum atomic E-state index is -0.923. The quantitative estimate of drug-likeness (QED) is 0.520. The lowest BCUT2D eigenvalue weighted by Gasteiger charge is -2.36. The number of hydrogen-bond acceptors (Lipinski definition) is 7. The van der Waals surface area contributed by atoms with Crippen LogP contribution in [0.5, 0.6) is 5.75 Å². The monoisotopic (exact) mass is 503 g/mol. The molecule has 1 aromatic rings. The average molecular weight is 504 g/mol. The molecule has 3 N–H and O–H groups in total. The summed E-state index contributed by atoms with van der Waals surface area (Å²) >= 11 is 0. The van der Waals surface area contributed by atoms with Crippen LogP contribution in [0.1, 0.15) is 83.1 Å². The van der Waals surface area contributed by atoms with E-state index in [1.54, 1.807) is 39.0 Å². The minimum Gasteiger partial charge on any atom is -0.490 e. The Morgan fingerprint density at radius 2 is 1.72 bits per heavy atom. The fraction of sp³-hybridized carbons (Fsp3) is 0.615. The van der Waals surface area contributed by atoms with Crippen LogP contribution in [0, 0.1) is 0 Å². The van der Waals surface area contributed by atoms with E-state index in [-0.39, 0.29) is 37.4 Å². The van der Waals surface area contributed by atoms with Gasteiger partial charge < -0.3 is 30.2 Å². The molecule has 1 saturated carbocycles. The van der Waals surface area contributed by atoms with Gasteiger partial charge >= 0.3 is 12.1 Å². The molecule has 1 atom stereocenters. The van der Waals surface area contributed by atoms with E-state index < -0.39 is 35.2 Å². The highest BCUT2D eigenvalue weighted by atomic mass is 16.6. The Labute approximate surface area is 211 Å². The lowest BCUT2D eigenvalue weighted by Crippen LogP contribution is -2.50. The van der Waals surface area contributed by atoms with Crippen LogP contribution in [0.3, 0.4) is 0 Å². The zero-order chi connectivity index (χ0) is 26.8. The zero-order valence-corrected chi connectivity index (χ0v) is 21.9. The van der Waals surface area contributed by atoms with Crippen molar-refractivity contribution < 1.29 is 33.4 Å². The summed E-state index contributed by atoms with van der Waals surface area (Å²) in [6.45, 7) is 10.9. The van der Waals surface area contributed by atoms with Crippen molar-refractivity contribution in [2.75, 3.05) is 0 Å². The summed E-state index contributed by atoms with van der Waals surface area (Å²) in [5.41, 5.74) is 5.59. The molecular formula is C26H37N3O7. The van der Waals surface area contributed by atoms with Gasteiger partial charge in [0.05, 0.1) is 0 Å². The Balaban J connectivity index is 1.55. The standard InChI is InChI=1S/C26H37N3O7/c1-25(2,3)35-21(30)10-9-20(22(27)31)29-14-15-11-17(7-8-19(15)23(29)32)34-18-12-16(13-18)28-24(33)36-26(4,5)6/h7-8,11,16,18,20H,9-10,12-14H2,1-6H3,(H2,27,31)(H,28,33)/t16-,18-,20?. The molecule has 0 radical (unpaired) electrons. The van der Waals surface area contributed by atoms with Crippen LogP contribution in [0.15, 0.2) is 18.2 Å². The highest BCUT2D eigenvalue weighted by Gasteiger charge is 2.37. The maximum atomic E-state index is 13.0. The summed E-state index contributed by atoms with van der Waals surface area (Å²) in [5, 5.41) is 2.83. The third-order valence-corrected chi connectivity index (χ3v) is 5.77. The molecule has 1 aromatic carbocycles. The Morgan fingerprint density at radius 3 is 2.31 bits per heavy atom. The van der Waals surface area contributed by atoms with Gasteiger partial charge in [-0.05, 0) is 71.7 Å². The second-order valence-corrected chi connectivity index (χ2v) is 11.3. The van der Waals surface area contributed by atoms with Crippen LogP contribution >= 0.6 is 0 Å². The number of alkyl carbamates (subject to hydrolysis) is 1. The van der Waals surface area contributed by atoms with Crippen LogP contribution in [0.4, 0.5) is 4.79 Å². The number of carbonyl (C=O) groups is 4.